The van der Waals surface area contributed by atoms with Crippen molar-refractivity contribution >= 4 is 63.5 Å². The number of H-pyrrole nitrogens is 1. The van der Waals surface area contributed by atoms with Crippen LogP contribution in [0.4, 0.5) is 13.9 Å². The number of β-lactam (4-membered cyclic amide) rings is 1. The van der Waals surface area contributed by atoms with Crippen molar-refractivity contribution in [2.75, 3.05) is 16.8 Å². The number of halogens is 2. The molecule has 2 aliphatic rings. The standard InChI is InChI=1S/C50H40F2N8O7S3/c1-59-44(64)42(62)56-57-49(59)70-28-32-27-68-45-38(43(63)60(45)39(32)46(65)66-40(30-17-7-2-8-18-30)31-19-9-3-10-20-31)54-41(61)37(58-67-47(51)52)36-29-69-48(53-36)55-50(33-21-11-4-12-22-33,34-23-13-5-14-24-34)35-25-15-6-16-26-35/h2-26,29,38,40,45,47H,27-28H2,1H3,(H,53,55)(H,54,61)(H,56,62)/t38?,45-/m1/s1. The molecule has 1 unspecified atom stereocenters. The Bertz CT molecular complexity index is 3060. The lowest BCUT2D eigenvalue weighted by molar-refractivity contribution is -0.154. The second-order valence-corrected chi connectivity index (χ2v) is 18.6. The van der Waals surface area contributed by atoms with Gasteiger partial charge in [0, 0.05) is 23.9 Å². The number of thioether (sulfide) groups is 2. The lowest BCUT2D eigenvalue weighted by Crippen LogP contribution is -2.71. The van der Waals surface area contributed by atoms with Gasteiger partial charge in [-0.3, -0.25) is 28.6 Å². The van der Waals surface area contributed by atoms with Crippen molar-refractivity contribution in [3.63, 3.8) is 0 Å². The number of hydrogen-bond donors (Lipinski definition) is 3. The van der Waals surface area contributed by atoms with Gasteiger partial charge in [0.2, 0.25) is 0 Å². The van der Waals surface area contributed by atoms with Gasteiger partial charge in [-0.05, 0) is 33.4 Å². The summed E-state index contributed by atoms with van der Waals surface area (Å²) in [5.74, 6) is -2.38. The normalized spacial score (nSPS) is 15.9. The van der Waals surface area contributed by atoms with Crippen LogP contribution in [0, 0.1) is 0 Å². The van der Waals surface area contributed by atoms with Crippen LogP contribution in [0.2, 0.25) is 0 Å². The van der Waals surface area contributed by atoms with Crippen molar-refractivity contribution in [3.05, 3.63) is 223 Å². The summed E-state index contributed by atoms with van der Waals surface area (Å²) in [6, 6.07) is 45.9. The van der Waals surface area contributed by atoms with Gasteiger partial charge in [0.1, 0.15) is 28.3 Å². The Morgan fingerprint density at radius 2 is 1.39 bits per heavy atom. The summed E-state index contributed by atoms with van der Waals surface area (Å²) in [6.07, 6.45) is -0.887. The molecule has 2 aromatic heterocycles. The SMILES string of the molecule is Cn1c(SCC2=C(C(=O)OC(c3ccccc3)c3ccccc3)N3C(=O)C(NC(=O)C(=NOC(F)F)c4csc(NC(c5ccccc5)(c5ccccc5)c5ccccc5)n4)[C@H]3SC2)n[nH]c(=O)c1=O. The first-order valence-electron chi connectivity index (χ1n) is 21.5. The van der Waals surface area contributed by atoms with Crippen LogP contribution < -0.4 is 21.8 Å². The van der Waals surface area contributed by atoms with Crippen LogP contribution in [-0.2, 0) is 36.5 Å². The highest BCUT2D eigenvalue weighted by atomic mass is 32.2. The molecule has 70 heavy (non-hydrogen) atoms. The summed E-state index contributed by atoms with van der Waals surface area (Å²) in [4.78, 5) is 77.8. The first-order chi connectivity index (χ1) is 34.0. The molecule has 2 atom stereocenters. The molecule has 2 aliphatic heterocycles. The molecule has 0 bridgehead atoms. The number of fused-ring (bicyclic) bond motifs is 1. The van der Waals surface area contributed by atoms with E-state index >= 15 is 0 Å². The minimum atomic E-state index is -3.39. The van der Waals surface area contributed by atoms with Crippen molar-refractivity contribution in [1.82, 2.24) is 30.0 Å². The van der Waals surface area contributed by atoms with E-state index in [1.165, 1.54) is 29.1 Å². The minimum Gasteiger partial charge on any atom is -0.448 e. The van der Waals surface area contributed by atoms with E-state index in [4.69, 9.17) is 4.74 Å². The third-order valence-electron chi connectivity index (χ3n) is 11.5. The molecule has 9 rings (SSSR count). The molecule has 0 aliphatic carbocycles. The number of anilines is 1. The molecule has 0 saturated carbocycles. The van der Waals surface area contributed by atoms with E-state index in [0.29, 0.717) is 21.8 Å². The van der Waals surface area contributed by atoms with E-state index in [9.17, 15) is 32.8 Å². The number of ether oxygens (including phenoxy) is 1. The smallest absolute Gasteiger partial charge is 0.407 e. The van der Waals surface area contributed by atoms with Gasteiger partial charge in [0.25, 0.3) is 11.8 Å². The number of amides is 2. The van der Waals surface area contributed by atoms with Crippen LogP contribution in [0.3, 0.4) is 0 Å². The maximum Gasteiger partial charge on any atom is 0.407 e. The summed E-state index contributed by atoms with van der Waals surface area (Å²) in [5, 5.41) is 17.0. The first-order valence-corrected chi connectivity index (χ1v) is 24.4. The lowest BCUT2D eigenvalue weighted by atomic mass is 9.77. The number of aromatic nitrogens is 4. The van der Waals surface area contributed by atoms with Crippen LogP contribution in [0.15, 0.2) is 188 Å². The number of oxime groups is 1. The predicted molar refractivity (Wildman–Crippen MR) is 262 cm³/mol. The molecule has 2 amide bonds. The Morgan fingerprint density at radius 3 is 1.93 bits per heavy atom. The maximum atomic E-state index is 14.6. The highest BCUT2D eigenvalue weighted by molar-refractivity contribution is 8.01. The molecule has 0 spiro atoms. The number of alkyl halides is 2. The van der Waals surface area contributed by atoms with Crippen molar-refractivity contribution in [1.29, 1.82) is 0 Å². The zero-order valence-electron chi connectivity index (χ0n) is 36.8. The van der Waals surface area contributed by atoms with Gasteiger partial charge in [-0.15, -0.1) is 28.2 Å². The summed E-state index contributed by atoms with van der Waals surface area (Å²) in [6.45, 7) is -3.39. The topological polar surface area (TPSA) is 190 Å². The lowest BCUT2D eigenvalue weighted by Gasteiger charge is -2.49. The van der Waals surface area contributed by atoms with Gasteiger partial charge in [-0.2, -0.15) is 8.78 Å². The number of esters is 1. The molecule has 4 heterocycles. The molecule has 15 nitrogen and oxygen atoms in total. The summed E-state index contributed by atoms with van der Waals surface area (Å²) in [7, 11) is 1.39. The summed E-state index contributed by atoms with van der Waals surface area (Å²) in [5.41, 5.74) is 0.790. The molecular weight excluding hydrogens is 959 g/mol. The number of carbonyl (C=O) groups excluding carboxylic acids is 3. The van der Waals surface area contributed by atoms with Gasteiger partial charge in [-0.25, -0.2) is 14.9 Å². The minimum absolute atomic E-state index is 0.0424. The molecular formula is C50H40F2N8O7S3. The van der Waals surface area contributed by atoms with E-state index < -0.39 is 64.3 Å². The maximum absolute atomic E-state index is 14.6. The number of nitrogens with zero attached hydrogens (tertiary/aromatic N) is 5. The average Bonchev–Trinajstić information content (AvgIpc) is 3.86. The molecule has 354 valence electrons. The quantitative estimate of drug-likeness (QED) is 0.0161. The second-order valence-electron chi connectivity index (χ2n) is 15.7. The van der Waals surface area contributed by atoms with Crippen LogP contribution in [0.1, 0.15) is 39.6 Å². The monoisotopic (exact) mass is 998 g/mol. The van der Waals surface area contributed by atoms with Crippen molar-refractivity contribution in [2.24, 2.45) is 12.2 Å². The Hall–Kier alpha value is -7.68. The van der Waals surface area contributed by atoms with Crippen LogP contribution >= 0.6 is 34.9 Å². The summed E-state index contributed by atoms with van der Waals surface area (Å²) >= 11 is 3.39. The molecule has 20 heteroatoms. The van der Waals surface area contributed by atoms with Crippen LogP contribution in [0.5, 0.6) is 0 Å². The van der Waals surface area contributed by atoms with Gasteiger partial charge in [0.05, 0.1) is 0 Å². The van der Waals surface area contributed by atoms with E-state index in [0.717, 1.165) is 44.4 Å². The number of rotatable bonds is 17. The fraction of sp³-hybridized carbons (Fsp3) is 0.160. The molecule has 1 fully saturated rings. The number of thiazole rings is 1. The fourth-order valence-electron chi connectivity index (χ4n) is 8.16. The Kier molecular flexibility index (Phi) is 14.1. The number of nitrogens with one attached hydrogen (secondary N) is 3. The zero-order chi connectivity index (χ0) is 48.8. The van der Waals surface area contributed by atoms with E-state index in [1.54, 1.807) is 0 Å². The largest absolute Gasteiger partial charge is 0.448 e. The van der Waals surface area contributed by atoms with Crippen LogP contribution in [0.25, 0.3) is 0 Å². The van der Waals surface area contributed by atoms with Crippen molar-refractivity contribution in [3.8, 4) is 0 Å². The number of aromatic amines is 1. The second kappa shape index (κ2) is 20.9. The van der Waals surface area contributed by atoms with E-state index in [2.05, 4.69) is 35.8 Å². The van der Waals surface area contributed by atoms with Gasteiger partial charge in [0.15, 0.2) is 22.1 Å². The third-order valence-corrected chi connectivity index (χ3v) is 14.7. The summed E-state index contributed by atoms with van der Waals surface area (Å²) < 4.78 is 34.6. The molecule has 7 aromatic rings. The van der Waals surface area contributed by atoms with E-state index in [-0.39, 0.29) is 28.1 Å². The molecule has 0 radical (unpaired) electrons. The Balaban J connectivity index is 1.01. The van der Waals surface area contributed by atoms with Gasteiger partial charge in [-0.1, -0.05) is 169 Å². The van der Waals surface area contributed by atoms with Crippen LogP contribution in [-0.4, -0.2) is 77.7 Å². The fourth-order valence-corrected chi connectivity index (χ4v) is 11.3. The average molecular weight is 999 g/mol. The molecule has 1 saturated heterocycles. The molecule has 5 aromatic carbocycles. The number of hydrogen-bond acceptors (Lipinski definition) is 14. The third kappa shape index (κ3) is 9.65. The van der Waals surface area contributed by atoms with Gasteiger partial charge < -0.3 is 20.2 Å². The van der Waals surface area contributed by atoms with Crippen molar-refractivity contribution in [2.45, 2.75) is 34.8 Å². The number of benzene rings is 5. The van der Waals surface area contributed by atoms with E-state index in [1.807, 2.05) is 152 Å². The highest BCUT2D eigenvalue weighted by Gasteiger charge is 2.55. The Labute approximate surface area is 410 Å². The van der Waals surface area contributed by atoms with Crippen molar-refractivity contribution < 1.29 is 32.7 Å². The predicted octanol–water partition coefficient (Wildman–Crippen LogP) is 7.05. The Morgan fingerprint density at radius 1 is 0.843 bits per heavy atom. The zero-order valence-corrected chi connectivity index (χ0v) is 39.3. The molecule has 3 N–H and O–H groups in total. The number of carbonyl (C=O) groups is 3. The highest BCUT2D eigenvalue weighted by Crippen LogP contribution is 2.44. The van der Waals surface area contributed by atoms with Gasteiger partial charge >= 0.3 is 23.7 Å². The first kappa shape index (κ1) is 47.4.